The van der Waals surface area contributed by atoms with Crippen molar-refractivity contribution >= 4 is 28.0 Å². The van der Waals surface area contributed by atoms with E-state index in [9.17, 15) is 0 Å². The first-order chi connectivity index (χ1) is 5.75. The standard InChI is InChI=1S/C10H13O.Bi/c1-3-11-8-10-7-5-4-6-9(10)2;/h4-6H,3,8H2,1-2H3;. The average Bonchev–Trinajstić information content (AvgIpc) is 2.04. The zero-order valence-electron chi connectivity index (χ0n) is 7.50. The molecule has 0 amide bonds. The van der Waals surface area contributed by atoms with E-state index in [1.807, 2.05) is 6.92 Å². The second-order valence-corrected chi connectivity index (χ2v) is 4.58. The first-order valence-corrected chi connectivity index (χ1v) is 5.84. The van der Waals surface area contributed by atoms with Gasteiger partial charge in [-0.2, -0.15) is 0 Å². The SMILES string of the molecule is CCOCc1c(C)ccc[c]1[Bi]. The monoisotopic (exact) mass is 358 g/mol. The first kappa shape index (κ1) is 10.1. The predicted octanol–water partition coefficient (Wildman–Crippen LogP) is 1.33. The molecule has 0 bridgehead atoms. The van der Waals surface area contributed by atoms with Crippen LogP contribution in [0.5, 0.6) is 0 Å². The Kier molecular flexibility index (Phi) is 4.17. The van der Waals surface area contributed by atoms with Gasteiger partial charge in [-0.05, 0) is 0 Å². The van der Waals surface area contributed by atoms with Gasteiger partial charge >= 0.3 is 89.1 Å². The average molecular weight is 358 g/mol. The molecule has 0 saturated carbocycles. The molecule has 0 aliphatic carbocycles. The number of rotatable bonds is 3. The predicted molar refractivity (Wildman–Crippen MR) is 51.9 cm³/mol. The van der Waals surface area contributed by atoms with Crippen molar-refractivity contribution in [3.63, 3.8) is 0 Å². The summed E-state index contributed by atoms with van der Waals surface area (Å²) in [5.41, 5.74) is 2.73. The van der Waals surface area contributed by atoms with Crippen molar-refractivity contribution in [3.05, 3.63) is 29.3 Å². The molecule has 0 aliphatic heterocycles. The van der Waals surface area contributed by atoms with Crippen LogP contribution in [0, 0.1) is 6.92 Å². The second kappa shape index (κ2) is 4.94. The normalized spacial score (nSPS) is 10.2. The third-order valence-corrected chi connectivity index (χ3v) is 3.46. The van der Waals surface area contributed by atoms with Crippen molar-refractivity contribution in [1.29, 1.82) is 0 Å². The Morgan fingerprint density at radius 1 is 1.42 bits per heavy atom. The molecule has 64 valence electrons. The van der Waals surface area contributed by atoms with Crippen LogP contribution in [0.1, 0.15) is 18.1 Å². The molecule has 0 atom stereocenters. The molecule has 12 heavy (non-hydrogen) atoms. The van der Waals surface area contributed by atoms with Crippen molar-refractivity contribution in [2.75, 3.05) is 6.61 Å². The summed E-state index contributed by atoms with van der Waals surface area (Å²) in [5.74, 6) is 0. The molecule has 1 nitrogen and oxygen atoms in total. The van der Waals surface area contributed by atoms with Gasteiger partial charge in [0, 0.05) is 0 Å². The third kappa shape index (κ3) is 2.53. The maximum absolute atomic E-state index is 5.40. The molecule has 1 aromatic carbocycles. The summed E-state index contributed by atoms with van der Waals surface area (Å²) >= 11 is 1.31. The van der Waals surface area contributed by atoms with E-state index in [4.69, 9.17) is 4.74 Å². The van der Waals surface area contributed by atoms with Crippen molar-refractivity contribution in [2.45, 2.75) is 20.5 Å². The van der Waals surface area contributed by atoms with Gasteiger partial charge < -0.3 is 0 Å². The van der Waals surface area contributed by atoms with Gasteiger partial charge in [0.1, 0.15) is 0 Å². The fraction of sp³-hybridized carbons (Fsp3) is 0.400. The minimum absolute atomic E-state index is 0.773. The van der Waals surface area contributed by atoms with Gasteiger partial charge in [0.2, 0.25) is 0 Å². The van der Waals surface area contributed by atoms with E-state index in [1.165, 1.54) is 39.1 Å². The van der Waals surface area contributed by atoms with Crippen molar-refractivity contribution < 1.29 is 4.74 Å². The van der Waals surface area contributed by atoms with E-state index in [1.54, 1.807) is 0 Å². The van der Waals surface area contributed by atoms with Crippen LogP contribution in [0.15, 0.2) is 18.2 Å². The summed E-state index contributed by atoms with van der Waals surface area (Å²) in [6.07, 6.45) is 0. The summed E-state index contributed by atoms with van der Waals surface area (Å²) in [5, 5.41) is 0. The Morgan fingerprint density at radius 2 is 2.17 bits per heavy atom. The molecule has 2 radical (unpaired) electrons. The van der Waals surface area contributed by atoms with Gasteiger partial charge in [-0.3, -0.25) is 0 Å². The van der Waals surface area contributed by atoms with Crippen LogP contribution in [0.2, 0.25) is 0 Å². The van der Waals surface area contributed by atoms with Crippen LogP contribution in [0.25, 0.3) is 0 Å². The summed E-state index contributed by atoms with van der Waals surface area (Å²) < 4.78 is 6.83. The van der Waals surface area contributed by atoms with Crippen LogP contribution in [-0.4, -0.2) is 31.3 Å². The second-order valence-electron chi connectivity index (χ2n) is 2.71. The van der Waals surface area contributed by atoms with Crippen molar-refractivity contribution in [2.24, 2.45) is 0 Å². The van der Waals surface area contributed by atoms with Crippen molar-refractivity contribution in [1.82, 2.24) is 0 Å². The molecule has 0 fully saturated rings. The van der Waals surface area contributed by atoms with Crippen LogP contribution in [0.4, 0.5) is 0 Å². The molecule has 2 heteroatoms. The Labute approximate surface area is 89.0 Å². The van der Waals surface area contributed by atoms with E-state index in [2.05, 4.69) is 25.1 Å². The van der Waals surface area contributed by atoms with Crippen LogP contribution >= 0.6 is 0 Å². The maximum atomic E-state index is 5.40. The molecule has 0 spiro atoms. The van der Waals surface area contributed by atoms with Crippen LogP contribution < -0.4 is 3.27 Å². The van der Waals surface area contributed by atoms with Gasteiger partial charge in [-0.15, -0.1) is 0 Å². The molecule has 0 heterocycles. The Morgan fingerprint density at radius 3 is 2.75 bits per heavy atom. The van der Waals surface area contributed by atoms with E-state index < -0.39 is 0 Å². The third-order valence-electron chi connectivity index (χ3n) is 1.84. The summed E-state index contributed by atoms with van der Waals surface area (Å²) in [6, 6.07) is 6.43. The Balaban J connectivity index is 2.81. The molecule has 1 aromatic rings. The van der Waals surface area contributed by atoms with E-state index in [-0.39, 0.29) is 0 Å². The molecular weight excluding hydrogens is 345 g/mol. The topological polar surface area (TPSA) is 9.23 Å². The van der Waals surface area contributed by atoms with E-state index in [0.29, 0.717) is 0 Å². The summed E-state index contributed by atoms with van der Waals surface area (Å²) in [6.45, 7) is 5.75. The fourth-order valence-corrected chi connectivity index (χ4v) is 2.35. The fourth-order valence-electron chi connectivity index (χ4n) is 1.08. The van der Waals surface area contributed by atoms with E-state index in [0.717, 1.165) is 13.2 Å². The quantitative estimate of drug-likeness (QED) is 0.741. The minimum atomic E-state index is 0.773. The zero-order chi connectivity index (χ0) is 8.97. The van der Waals surface area contributed by atoms with Crippen LogP contribution in [0.3, 0.4) is 0 Å². The van der Waals surface area contributed by atoms with Gasteiger partial charge in [0.15, 0.2) is 0 Å². The van der Waals surface area contributed by atoms with Gasteiger partial charge in [-0.25, -0.2) is 0 Å². The van der Waals surface area contributed by atoms with E-state index >= 15 is 0 Å². The Hall–Kier alpha value is 0.0631. The number of benzene rings is 1. The Bertz CT molecular complexity index is 238. The van der Waals surface area contributed by atoms with Crippen molar-refractivity contribution in [3.8, 4) is 0 Å². The molecule has 0 aliphatic rings. The zero-order valence-corrected chi connectivity index (χ0v) is 11.0. The summed E-state index contributed by atoms with van der Waals surface area (Å²) in [7, 11) is 0. The number of ether oxygens (including phenoxy) is 1. The number of aryl methyl sites for hydroxylation is 1. The molecular formula is C10H13BiO. The molecule has 0 N–H and O–H groups in total. The summed E-state index contributed by atoms with van der Waals surface area (Å²) in [4.78, 5) is 0. The van der Waals surface area contributed by atoms with Gasteiger partial charge in [0.25, 0.3) is 0 Å². The molecule has 1 rings (SSSR count). The van der Waals surface area contributed by atoms with Gasteiger partial charge in [-0.1, -0.05) is 0 Å². The van der Waals surface area contributed by atoms with Gasteiger partial charge in [0.05, 0.1) is 0 Å². The number of hydrogen-bond acceptors (Lipinski definition) is 1. The number of hydrogen-bond donors (Lipinski definition) is 0. The first-order valence-electron chi connectivity index (χ1n) is 4.11. The van der Waals surface area contributed by atoms with Crippen LogP contribution in [-0.2, 0) is 11.3 Å². The molecule has 0 saturated heterocycles. The molecule has 0 aromatic heterocycles. The molecule has 0 unspecified atom stereocenters.